The Bertz CT molecular complexity index is 1240. The van der Waals surface area contributed by atoms with Crippen LogP contribution in [0.2, 0.25) is 0 Å². The summed E-state index contributed by atoms with van der Waals surface area (Å²) < 4.78 is 1.24. The van der Waals surface area contributed by atoms with Crippen LogP contribution in [0.1, 0.15) is 41.4 Å². The third kappa shape index (κ3) is 2.90. The molecule has 1 fully saturated rings. The van der Waals surface area contributed by atoms with E-state index >= 15 is 0 Å². The van der Waals surface area contributed by atoms with Gasteiger partial charge in [0.15, 0.2) is 5.01 Å². The Hall–Kier alpha value is -3.38. The predicted octanol–water partition coefficient (Wildman–Crippen LogP) is 2.02. The molecule has 0 atom stereocenters. The molecule has 0 spiro atoms. The van der Waals surface area contributed by atoms with Crippen molar-refractivity contribution in [2.24, 2.45) is 0 Å². The maximum atomic E-state index is 12.7. The van der Waals surface area contributed by atoms with E-state index in [9.17, 15) is 4.79 Å². The number of aromatic amines is 1. The van der Waals surface area contributed by atoms with Gasteiger partial charge < -0.3 is 0 Å². The molecule has 1 N–H and O–H groups in total. The number of aromatic nitrogens is 7. The molecule has 4 aromatic rings. The van der Waals surface area contributed by atoms with Crippen LogP contribution in [-0.2, 0) is 0 Å². The molecule has 0 radical (unpaired) electrons. The average molecular weight is 375 g/mol. The van der Waals surface area contributed by atoms with Gasteiger partial charge in [-0.1, -0.05) is 17.4 Å². The summed E-state index contributed by atoms with van der Waals surface area (Å²) in [7, 11) is 0. The molecule has 9 heteroatoms. The van der Waals surface area contributed by atoms with Crippen molar-refractivity contribution in [3.63, 3.8) is 0 Å². The summed E-state index contributed by atoms with van der Waals surface area (Å²) in [6, 6.07) is 5.36. The van der Waals surface area contributed by atoms with Crippen LogP contribution in [-0.4, -0.2) is 35.2 Å². The van der Waals surface area contributed by atoms with Gasteiger partial charge in [-0.2, -0.15) is 5.21 Å². The molecular formula is C18H13N7OS. The molecule has 27 heavy (non-hydrogen) atoms. The van der Waals surface area contributed by atoms with E-state index in [4.69, 9.17) is 0 Å². The number of benzene rings is 1. The third-order valence-electron chi connectivity index (χ3n) is 4.67. The molecular weight excluding hydrogens is 362 g/mol. The normalized spacial score (nSPS) is 13.9. The summed E-state index contributed by atoms with van der Waals surface area (Å²) in [5.41, 5.74) is 2.20. The van der Waals surface area contributed by atoms with Crippen molar-refractivity contribution in [2.75, 3.05) is 0 Å². The van der Waals surface area contributed by atoms with Gasteiger partial charge >= 0.3 is 0 Å². The zero-order valence-electron chi connectivity index (χ0n) is 14.1. The lowest BCUT2D eigenvalue weighted by Gasteiger charge is -2.22. The molecule has 1 aliphatic rings. The van der Waals surface area contributed by atoms with E-state index in [1.165, 1.54) is 30.2 Å². The van der Waals surface area contributed by atoms with Crippen LogP contribution in [0.25, 0.3) is 16.9 Å². The molecule has 132 valence electrons. The van der Waals surface area contributed by atoms with Crippen LogP contribution in [0.4, 0.5) is 0 Å². The summed E-state index contributed by atoms with van der Waals surface area (Å²) in [5.74, 6) is 6.95. The maximum absolute atomic E-state index is 12.7. The molecule has 1 saturated carbocycles. The Morgan fingerprint density at radius 3 is 2.96 bits per heavy atom. The minimum Gasteiger partial charge on any atom is -0.268 e. The van der Waals surface area contributed by atoms with Crippen molar-refractivity contribution in [1.29, 1.82) is 0 Å². The fraction of sp³-hybridized carbons (Fsp3) is 0.222. The Labute approximate surface area is 157 Å². The van der Waals surface area contributed by atoms with Crippen LogP contribution in [0.5, 0.6) is 0 Å². The van der Waals surface area contributed by atoms with Crippen LogP contribution in [0.15, 0.2) is 34.7 Å². The van der Waals surface area contributed by atoms with Gasteiger partial charge in [-0.05, 0) is 42.2 Å². The van der Waals surface area contributed by atoms with Gasteiger partial charge in [0.05, 0.1) is 16.6 Å². The second kappa shape index (κ2) is 6.41. The molecule has 3 heterocycles. The largest absolute Gasteiger partial charge is 0.278 e. The molecule has 1 aromatic carbocycles. The number of rotatable bonds is 2. The molecule has 0 aliphatic heterocycles. The zero-order valence-corrected chi connectivity index (χ0v) is 14.9. The monoisotopic (exact) mass is 375 g/mol. The topological polar surface area (TPSA) is 102 Å². The van der Waals surface area contributed by atoms with Gasteiger partial charge in [0, 0.05) is 16.9 Å². The van der Waals surface area contributed by atoms with Crippen LogP contribution >= 0.6 is 11.3 Å². The van der Waals surface area contributed by atoms with Gasteiger partial charge in [0.2, 0.25) is 0 Å². The number of H-pyrrole nitrogens is 1. The van der Waals surface area contributed by atoms with Crippen LogP contribution in [0, 0.1) is 11.8 Å². The van der Waals surface area contributed by atoms with E-state index < -0.39 is 0 Å². The van der Waals surface area contributed by atoms with Crippen molar-refractivity contribution in [3.05, 3.63) is 56.5 Å². The highest BCUT2D eigenvalue weighted by Gasteiger charge is 2.21. The van der Waals surface area contributed by atoms with Crippen molar-refractivity contribution in [3.8, 4) is 17.8 Å². The highest BCUT2D eigenvalue weighted by molar-refractivity contribution is 7.10. The van der Waals surface area contributed by atoms with E-state index in [2.05, 4.69) is 47.8 Å². The number of hydrogen-bond acceptors (Lipinski definition) is 7. The van der Waals surface area contributed by atoms with E-state index in [1.54, 1.807) is 23.5 Å². The van der Waals surface area contributed by atoms with E-state index in [1.807, 2.05) is 6.07 Å². The van der Waals surface area contributed by atoms with Gasteiger partial charge in [-0.25, -0.2) is 14.5 Å². The second-order valence-electron chi connectivity index (χ2n) is 6.32. The van der Waals surface area contributed by atoms with Crippen LogP contribution < -0.4 is 5.56 Å². The number of tetrazole rings is 1. The lowest BCUT2D eigenvalue weighted by Crippen LogP contribution is -2.20. The molecule has 0 saturated heterocycles. The van der Waals surface area contributed by atoms with Crippen molar-refractivity contribution in [2.45, 2.75) is 25.2 Å². The van der Waals surface area contributed by atoms with Gasteiger partial charge in [0.1, 0.15) is 6.33 Å². The van der Waals surface area contributed by atoms with Gasteiger partial charge in [-0.15, -0.1) is 16.4 Å². The zero-order chi connectivity index (χ0) is 18.2. The lowest BCUT2D eigenvalue weighted by atomic mass is 9.83. The van der Waals surface area contributed by atoms with E-state index in [-0.39, 0.29) is 11.5 Å². The molecule has 1 aliphatic carbocycles. The number of hydrogen-bond donors (Lipinski definition) is 1. The first kappa shape index (κ1) is 15.8. The van der Waals surface area contributed by atoms with E-state index in [0.717, 1.165) is 16.3 Å². The number of fused-ring (bicyclic) bond motifs is 1. The summed E-state index contributed by atoms with van der Waals surface area (Å²) in [4.78, 5) is 21.6. The Kier molecular flexibility index (Phi) is 3.76. The minimum absolute atomic E-state index is 0.150. The first-order valence-corrected chi connectivity index (χ1v) is 9.38. The summed E-state index contributed by atoms with van der Waals surface area (Å²) >= 11 is 1.56. The molecule has 8 nitrogen and oxygen atoms in total. The third-order valence-corrected chi connectivity index (χ3v) is 5.44. The minimum atomic E-state index is -0.272. The van der Waals surface area contributed by atoms with Gasteiger partial charge in [-0.3, -0.25) is 4.79 Å². The first-order valence-electron chi connectivity index (χ1n) is 8.50. The number of nitrogens with zero attached hydrogens (tertiary/aromatic N) is 6. The van der Waals surface area contributed by atoms with Gasteiger partial charge in [0.25, 0.3) is 11.5 Å². The smallest absolute Gasteiger partial charge is 0.268 e. The molecule has 0 bridgehead atoms. The number of nitrogens with one attached hydrogen (secondary N) is 1. The quantitative estimate of drug-likeness (QED) is 0.538. The molecule has 0 amide bonds. The average Bonchev–Trinajstić information content (AvgIpc) is 3.31. The first-order chi connectivity index (χ1) is 13.3. The van der Waals surface area contributed by atoms with Crippen molar-refractivity contribution >= 4 is 22.2 Å². The SMILES string of the molecule is O=c1c2cc(C#Cc3nc(C4CCC4)cs3)ccc2ncn1-c1nn[nH]n1. The highest BCUT2D eigenvalue weighted by atomic mass is 32.1. The molecule has 3 aromatic heterocycles. The summed E-state index contributed by atoms with van der Waals surface area (Å²) in [5, 5.41) is 16.8. The van der Waals surface area contributed by atoms with E-state index in [0.29, 0.717) is 16.8 Å². The molecule has 5 rings (SSSR count). The number of thiazole rings is 1. The lowest BCUT2D eigenvalue weighted by molar-refractivity contribution is 0.412. The summed E-state index contributed by atoms with van der Waals surface area (Å²) in [6.07, 6.45) is 5.12. The fourth-order valence-corrected chi connectivity index (χ4v) is 3.71. The Balaban J connectivity index is 1.50. The fourth-order valence-electron chi connectivity index (χ4n) is 2.96. The van der Waals surface area contributed by atoms with Crippen LogP contribution in [0.3, 0.4) is 0 Å². The second-order valence-corrected chi connectivity index (χ2v) is 7.18. The molecule has 0 unspecified atom stereocenters. The summed E-state index contributed by atoms with van der Waals surface area (Å²) in [6.45, 7) is 0. The Morgan fingerprint density at radius 1 is 1.26 bits per heavy atom. The Morgan fingerprint density at radius 2 is 2.19 bits per heavy atom. The standard InChI is InChI=1S/C18H13N7OS/c26-17-13-8-11(5-7-16-20-15(9-27-16)12-2-1-3-12)4-6-14(13)19-10-25(17)18-21-23-24-22-18/h4,6,8-10,12H,1-3H2,(H,21,22,23,24). The van der Waals surface area contributed by atoms with Crippen molar-refractivity contribution in [1.82, 2.24) is 35.2 Å². The van der Waals surface area contributed by atoms with Crippen molar-refractivity contribution < 1.29 is 0 Å². The predicted molar refractivity (Wildman–Crippen MR) is 99.8 cm³/mol. The maximum Gasteiger partial charge on any atom is 0.278 e. The highest BCUT2D eigenvalue weighted by Crippen LogP contribution is 2.36.